The molecule has 0 radical (unpaired) electrons. The van der Waals surface area contributed by atoms with Gasteiger partial charge in [0.05, 0.1) is 11.8 Å². The highest BCUT2D eigenvalue weighted by atomic mass is 35.5. The number of carbonyl (C=O) groups is 1. The molecule has 0 aromatic carbocycles. The molecule has 0 bridgehead atoms. The average Bonchev–Trinajstić information content (AvgIpc) is 2.31. The fourth-order valence-corrected chi connectivity index (χ4v) is 1.62. The first-order chi connectivity index (χ1) is 8.50. The molecule has 1 rings (SSSR count). The highest BCUT2D eigenvalue weighted by Gasteiger charge is 2.11. The van der Waals surface area contributed by atoms with E-state index in [2.05, 4.69) is 15.2 Å². The van der Waals surface area contributed by atoms with Crippen LogP contribution in [0.2, 0.25) is 5.15 Å². The molecule has 0 atom stereocenters. The van der Waals surface area contributed by atoms with Gasteiger partial charge in [0.25, 0.3) is 5.91 Å². The highest BCUT2D eigenvalue weighted by Crippen LogP contribution is 2.13. The normalized spacial score (nSPS) is 10.7. The first-order valence-electron chi connectivity index (χ1n) is 5.74. The van der Waals surface area contributed by atoms with Crippen molar-refractivity contribution in [3.8, 4) is 0 Å². The SMILES string of the molecule is CN(C)CCCCNC(=O)c1cc(F)cnc1Cl. The Morgan fingerprint density at radius 3 is 2.89 bits per heavy atom. The zero-order valence-corrected chi connectivity index (χ0v) is 11.3. The minimum atomic E-state index is -0.572. The quantitative estimate of drug-likeness (QED) is 0.636. The van der Waals surface area contributed by atoms with Gasteiger partial charge in [0.15, 0.2) is 0 Å². The van der Waals surface area contributed by atoms with Crippen molar-refractivity contribution in [2.75, 3.05) is 27.2 Å². The standard InChI is InChI=1S/C12H17ClFN3O/c1-17(2)6-4-3-5-15-12(18)10-7-9(14)8-16-11(10)13/h7-8H,3-6H2,1-2H3,(H,15,18). The summed E-state index contributed by atoms with van der Waals surface area (Å²) in [6.45, 7) is 1.51. The van der Waals surface area contributed by atoms with Crippen molar-refractivity contribution in [2.24, 2.45) is 0 Å². The zero-order chi connectivity index (χ0) is 13.5. The third-order valence-electron chi connectivity index (χ3n) is 2.37. The molecule has 1 amide bonds. The van der Waals surface area contributed by atoms with Crippen molar-refractivity contribution < 1.29 is 9.18 Å². The van der Waals surface area contributed by atoms with Crippen LogP contribution in [-0.4, -0.2) is 43.0 Å². The van der Waals surface area contributed by atoms with Crippen LogP contribution in [0.5, 0.6) is 0 Å². The zero-order valence-electron chi connectivity index (χ0n) is 10.5. The molecule has 4 nitrogen and oxygen atoms in total. The topological polar surface area (TPSA) is 45.2 Å². The van der Waals surface area contributed by atoms with Crippen LogP contribution in [0, 0.1) is 5.82 Å². The number of halogens is 2. The molecule has 0 saturated heterocycles. The molecule has 0 spiro atoms. The summed E-state index contributed by atoms with van der Waals surface area (Å²) in [4.78, 5) is 17.4. The molecule has 18 heavy (non-hydrogen) atoms. The van der Waals surface area contributed by atoms with Gasteiger partial charge >= 0.3 is 0 Å². The molecule has 1 aromatic heterocycles. The number of pyridine rings is 1. The van der Waals surface area contributed by atoms with Gasteiger partial charge in [0.1, 0.15) is 11.0 Å². The first-order valence-corrected chi connectivity index (χ1v) is 6.12. The van der Waals surface area contributed by atoms with E-state index in [4.69, 9.17) is 11.6 Å². The lowest BCUT2D eigenvalue weighted by Crippen LogP contribution is -2.26. The Bertz CT molecular complexity index is 412. The highest BCUT2D eigenvalue weighted by molar-refractivity contribution is 6.32. The number of nitrogens with zero attached hydrogens (tertiary/aromatic N) is 2. The Balaban J connectivity index is 2.39. The maximum absolute atomic E-state index is 12.9. The van der Waals surface area contributed by atoms with Gasteiger partial charge in [0.2, 0.25) is 0 Å². The molecule has 1 aromatic rings. The molecule has 6 heteroatoms. The minimum absolute atomic E-state index is 0.0159. The van der Waals surface area contributed by atoms with Crippen LogP contribution in [0.25, 0.3) is 0 Å². The molecule has 1 N–H and O–H groups in total. The van der Waals surface area contributed by atoms with E-state index < -0.39 is 11.7 Å². The van der Waals surface area contributed by atoms with E-state index >= 15 is 0 Å². The molecule has 0 fully saturated rings. The summed E-state index contributed by atoms with van der Waals surface area (Å²) in [6.07, 6.45) is 2.84. The molecule has 0 saturated carbocycles. The smallest absolute Gasteiger partial charge is 0.254 e. The first kappa shape index (κ1) is 14.9. The predicted octanol–water partition coefficient (Wildman–Crippen LogP) is 1.95. The van der Waals surface area contributed by atoms with Crippen LogP contribution >= 0.6 is 11.6 Å². The van der Waals surface area contributed by atoms with E-state index in [0.29, 0.717) is 6.54 Å². The maximum atomic E-state index is 12.9. The van der Waals surface area contributed by atoms with Crippen LogP contribution in [0.15, 0.2) is 12.3 Å². The summed E-state index contributed by atoms with van der Waals surface area (Å²) in [5.41, 5.74) is 0.0734. The Hall–Kier alpha value is -1.20. The molecule has 0 aliphatic heterocycles. The second-order valence-corrected chi connectivity index (χ2v) is 4.62. The maximum Gasteiger partial charge on any atom is 0.254 e. The molecule has 0 aliphatic rings. The second-order valence-electron chi connectivity index (χ2n) is 4.26. The van der Waals surface area contributed by atoms with E-state index in [1.165, 1.54) is 0 Å². The summed E-state index contributed by atoms with van der Waals surface area (Å²) in [6, 6.07) is 1.09. The number of hydrogen-bond donors (Lipinski definition) is 1. The van der Waals surface area contributed by atoms with E-state index in [9.17, 15) is 9.18 Å². The largest absolute Gasteiger partial charge is 0.352 e. The summed E-state index contributed by atoms with van der Waals surface area (Å²) in [7, 11) is 3.99. The van der Waals surface area contributed by atoms with Crippen LogP contribution in [0.3, 0.4) is 0 Å². The molecule has 0 aliphatic carbocycles. The van der Waals surface area contributed by atoms with Gasteiger partial charge in [-0.05, 0) is 39.5 Å². The number of carbonyl (C=O) groups excluding carboxylic acids is 1. The van der Waals surface area contributed by atoms with Gasteiger partial charge in [-0.15, -0.1) is 0 Å². The van der Waals surface area contributed by atoms with E-state index in [-0.39, 0.29) is 10.7 Å². The lowest BCUT2D eigenvalue weighted by atomic mass is 10.2. The minimum Gasteiger partial charge on any atom is -0.352 e. The van der Waals surface area contributed by atoms with Crippen LogP contribution in [0.1, 0.15) is 23.2 Å². The van der Waals surface area contributed by atoms with Crippen molar-refractivity contribution in [3.63, 3.8) is 0 Å². The summed E-state index contributed by atoms with van der Waals surface area (Å²) in [5.74, 6) is -0.964. The number of aromatic nitrogens is 1. The third kappa shape index (κ3) is 4.98. The van der Waals surface area contributed by atoms with Crippen LogP contribution in [-0.2, 0) is 0 Å². The second kappa shape index (κ2) is 7.28. The number of nitrogens with one attached hydrogen (secondary N) is 1. The lowest BCUT2D eigenvalue weighted by Gasteiger charge is -2.09. The van der Waals surface area contributed by atoms with Crippen molar-refractivity contribution in [2.45, 2.75) is 12.8 Å². The van der Waals surface area contributed by atoms with Crippen molar-refractivity contribution >= 4 is 17.5 Å². The number of rotatable bonds is 6. The van der Waals surface area contributed by atoms with Gasteiger partial charge in [-0.3, -0.25) is 4.79 Å². The Labute approximate surface area is 111 Å². The summed E-state index contributed by atoms with van der Waals surface area (Å²) in [5, 5.41) is 2.71. The van der Waals surface area contributed by atoms with E-state index in [1.54, 1.807) is 0 Å². The summed E-state index contributed by atoms with van der Waals surface area (Å²) >= 11 is 5.73. The van der Waals surface area contributed by atoms with Crippen LogP contribution < -0.4 is 5.32 Å². The van der Waals surface area contributed by atoms with Gasteiger partial charge in [-0.25, -0.2) is 9.37 Å². The lowest BCUT2D eigenvalue weighted by molar-refractivity contribution is 0.0952. The predicted molar refractivity (Wildman–Crippen MR) is 69.3 cm³/mol. The summed E-state index contributed by atoms with van der Waals surface area (Å²) < 4.78 is 12.9. The Kier molecular flexibility index (Phi) is 6.01. The molecule has 100 valence electrons. The van der Waals surface area contributed by atoms with Crippen molar-refractivity contribution in [1.29, 1.82) is 0 Å². The third-order valence-corrected chi connectivity index (χ3v) is 2.67. The van der Waals surface area contributed by atoms with E-state index in [1.807, 2.05) is 14.1 Å². The van der Waals surface area contributed by atoms with Gasteiger partial charge in [-0.1, -0.05) is 11.6 Å². The average molecular weight is 274 g/mol. The molecule has 0 unspecified atom stereocenters. The number of hydrogen-bond acceptors (Lipinski definition) is 3. The molecule has 1 heterocycles. The monoisotopic (exact) mass is 273 g/mol. The van der Waals surface area contributed by atoms with Gasteiger partial charge in [-0.2, -0.15) is 0 Å². The van der Waals surface area contributed by atoms with Crippen molar-refractivity contribution in [1.82, 2.24) is 15.2 Å². The van der Waals surface area contributed by atoms with E-state index in [0.717, 1.165) is 31.6 Å². The van der Waals surface area contributed by atoms with Crippen LogP contribution in [0.4, 0.5) is 4.39 Å². The van der Waals surface area contributed by atoms with Crippen molar-refractivity contribution in [3.05, 3.63) is 28.8 Å². The Morgan fingerprint density at radius 1 is 1.50 bits per heavy atom. The van der Waals surface area contributed by atoms with Gasteiger partial charge in [0, 0.05) is 6.54 Å². The molecular weight excluding hydrogens is 257 g/mol. The Morgan fingerprint density at radius 2 is 2.22 bits per heavy atom. The number of amides is 1. The fourth-order valence-electron chi connectivity index (χ4n) is 1.43. The number of unbranched alkanes of at least 4 members (excludes halogenated alkanes) is 1. The fraction of sp³-hybridized carbons (Fsp3) is 0.500. The van der Waals surface area contributed by atoms with Gasteiger partial charge < -0.3 is 10.2 Å². The molecular formula is C12H17ClFN3O.